The molecule has 0 bridgehead atoms. The van der Waals surface area contributed by atoms with Crippen molar-refractivity contribution in [3.05, 3.63) is 70.8 Å². The lowest BCUT2D eigenvalue weighted by atomic mass is 9.93. The van der Waals surface area contributed by atoms with Gasteiger partial charge in [0, 0.05) is 5.56 Å². The van der Waals surface area contributed by atoms with Crippen molar-refractivity contribution in [2.45, 2.75) is 6.61 Å². The highest BCUT2D eigenvalue weighted by Gasteiger charge is 2.20. The standard InChI is InChI=1S/C18H14O4/c1-21-18(20)12-6-7-17-16(10-12)15(8-9-19)14-5-3-2-4-13(14)11-22-17/h2-10H,11H2,1H3/b15-8+. The van der Waals surface area contributed by atoms with Crippen LogP contribution in [-0.2, 0) is 16.1 Å². The molecule has 4 nitrogen and oxygen atoms in total. The minimum atomic E-state index is -0.425. The van der Waals surface area contributed by atoms with Crippen LogP contribution in [0.1, 0.15) is 27.0 Å². The number of aldehydes is 1. The number of ether oxygens (including phenoxy) is 2. The minimum Gasteiger partial charge on any atom is -0.488 e. The van der Waals surface area contributed by atoms with Gasteiger partial charge in [0.25, 0.3) is 0 Å². The van der Waals surface area contributed by atoms with Crippen LogP contribution < -0.4 is 4.74 Å². The highest BCUT2D eigenvalue weighted by atomic mass is 16.5. The molecule has 1 aliphatic heterocycles. The molecule has 4 heteroatoms. The Balaban J connectivity index is 2.22. The molecule has 1 aliphatic rings. The Morgan fingerprint density at radius 3 is 2.77 bits per heavy atom. The molecule has 0 amide bonds. The third-order valence-electron chi connectivity index (χ3n) is 3.62. The maximum Gasteiger partial charge on any atom is 0.337 e. The van der Waals surface area contributed by atoms with Crippen molar-refractivity contribution in [1.29, 1.82) is 0 Å². The second-order valence-electron chi connectivity index (χ2n) is 4.86. The molecule has 2 aromatic rings. The predicted octanol–water partition coefficient (Wildman–Crippen LogP) is 3.00. The third-order valence-corrected chi connectivity index (χ3v) is 3.62. The molecule has 22 heavy (non-hydrogen) atoms. The molecule has 0 fully saturated rings. The second-order valence-corrected chi connectivity index (χ2v) is 4.86. The molecule has 2 aromatic carbocycles. The molecule has 0 saturated carbocycles. The zero-order valence-corrected chi connectivity index (χ0v) is 12.0. The summed E-state index contributed by atoms with van der Waals surface area (Å²) in [4.78, 5) is 22.8. The number of carbonyl (C=O) groups is 2. The van der Waals surface area contributed by atoms with Crippen LogP contribution in [0.3, 0.4) is 0 Å². The topological polar surface area (TPSA) is 52.6 Å². The molecule has 0 spiro atoms. The predicted molar refractivity (Wildman–Crippen MR) is 81.7 cm³/mol. The van der Waals surface area contributed by atoms with Gasteiger partial charge in [0.05, 0.1) is 12.7 Å². The molecule has 0 saturated heterocycles. The van der Waals surface area contributed by atoms with E-state index in [9.17, 15) is 9.59 Å². The summed E-state index contributed by atoms with van der Waals surface area (Å²) in [5.74, 6) is 0.211. The van der Waals surface area contributed by atoms with Crippen molar-refractivity contribution in [3.8, 4) is 5.75 Å². The van der Waals surface area contributed by atoms with Gasteiger partial charge in [0.2, 0.25) is 0 Å². The third kappa shape index (κ3) is 2.39. The smallest absolute Gasteiger partial charge is 0.337 e. The van der Waals surface area contributed by atoms with E-state index in [0.29, 0.717) is 23.5 Å². The number of benzene rings is 2. The lowest BCUT2D eigenvalue weighted by Gasteiger charge is -2.10. The monoisotopic (exact) mass is 294 g/mol. The van der Waals surface area contributed by atoms with E-state index >= 15 is 0 Å². The molecule has 1 heterocycles. The Hall–Kier alpha value is -2.88. The lowest BCUT2D eigenvalue weighted by Crippen LogP contribution is -2.02. The fourth-order valence-electron chi connectivity index (χ4n) is 2.57. The van der Waals surface area contributed by atoms with Gasteiger partial charge in [-0.25, -0.2) is 4.79 Å². The zero-order chi connectivity index (χ0) is 15.5. The molecule has 3 rings (SSSR count). The molecule has 0 unspecified atom stereocenters. The SMILES string of the molecule is COC(=O)c1ccc2c(c1)/C(=C/C=O)c1ccccc1CO2. The molecule has 0 radical (unpaired) electrons. The second kappa shape index (κ2) is 5.85. The summed E-state index contributed by atoms with van der Waals surface area (Å²) in [5, 5.41) is 0. The van der Waals surface area contributed by atoms with Crippen LogP contribution in [0.25, 0.3) is 5.57 Å². The van der Waals surface area contributed by atoms with Crippen molar-refractivity contribution < 1.29 is 19.1 Å². The van der Waals surface area contributed by atoms with E-state index in [0.717, 1.165) is 23.0 Å². The van der Waals surface area contributed by atoms with Gasteiger partial charge < -0.3 is 9.47 Å². The van der Waals surface area contributed by atoms with Gasteiger partial charge in [-0.15, -0.1) is 0 Å². The van der Waals surface area contributed by atoms with Gasteiger partial charge >= 0.3 is 5.97 Å². The molecular weight excluding hydrogens is 280 g/mol. The molecule has 0 N–H and O–H groups in total. The van der Waals surface area contributed by atoms with Gasteiger partial charge in [-0.05, 0) is 41.0 Å². The van der Waals surface area contributed by atoms with Gasteiger partial charge in [-0.3, -0.25) is 4.79 Å². The van der Waals surface area contributed by atoms with Crippen LogP contribution in [0.2, 0.25) is 0 Å². The summed E-state index contributed by atoms with van der Waals surface area (Å²) < 4.78 is 10.6. The first kappa shape index (κ1) is 14.1. The van der Waals surface area contributed by atoms with Crippen molar-refractivity contribution >= 4 is 17.8 Å². The lowest BCUT2D eigenvalue weighted by molar-refractivity contribution is -0.104. The molecule has 110 valence electrons. The molecule has 0 atom stereocenters. The molecule has 0 aliphatic carbocycles. The Kier molecular flexibility index (Phi) is 3.74. The zero-order valence-electron chi connectivity index (χ0n) is 12.0. The van der Waals surface area contributed by atoms with E-state index in [1.165, 1.54) is 13.2 Å². The Morgan fingerprint density at radius 1 is 1.18 bits per heavy atom. The largest absolute Gasteiger partial charge is 0.488 e. The van der Waals surface area contributed by atoms with Crippen LogP contribution in [0.4, 0.5) is 0 Å². The first-order valence-corrected chi connectivity index (χ1v) is 6.84. The number of rotatable bonds is 2. The van der Waals surface area contributed by atoms with Crippen LogP contribution in [0.15, 0.2) is 48.5 Å². The van der Waals surface area contributed by atoms with Crippen molar-refractivity contribution in [2.24, 2.45) is 0 Å². The van der Waals surface area contributed by atoms with Crippen molar-refractivity contribution in [3.63, 3.8) is 0 Å². The van der Waals surface area contributed by atoms with Crippen LogP contribution in [0, 0.1) is 0 Å². The van der Waals surface area contributed by atoms with Crippen molar-refractivity contribution in [2.75, 3.05) is 7.11 Å². The van der Waals surface area contributed by atoms with Crippen LogP contribution in [0.5, 0.6) is 5.75 Å². The van der Waals surface area contributed by atoms with Crippen molar-refractivity contribution in [1.82, 2.24) is 0 Å². The average molecular weight is 294 g/mol. The summed E-state index contributed by atoms with van der Waals surface area (Å²) >= 11 is 0. The van der Waals surface area contributed by atoms with Gasteiger partial charge in [-0.2, -0.15) is 0 Å². The van der Waals surface area contributed by atoms with E-state index < -0.39 is 5.97 Å². The Bertz CT molecular complexity index is 774. The van der Waals surface area contributed by atoms with Gasteiger partial charge in [0.15, 0.2) is 0 Å². The van der Waals surface area contributed by atoms with Gasteiger partial charge in [-0.1, -0.05) is 24.3 Å². The molecular formula is C18H14O4. The number of hydrogen-bond donors (Lipinski definition) is 0. The summed E-state index contributed by atoms with van der Waals surface area (Å²) in [7, 11) is 1.34. The number of fused-ring (bicyclic) bond motifs is 2. The maximum absolute atomic E-state index is 11.7. The van der Waals surface area contributed by atoms with Gasteiger partial charge in [0.1, 0.15) is 18.6 Å². The minimum absolute atomic E-state index is 0.414. The maximum atomic E-state index is 11.7. The highest BCUT2D eigenvalue weighted by Crippen LogP contribution is 2.37. The summed E-state index contributed by atoms with van der Waals surface area (Å²) in [6.45, 7) is 0.414. The highest BCUT2D eigenvalue weighted by molar-refractivity contribution is 5.96. The number of hydrogen-bond acceptors (Lipinski definition) is 4. The van der Waals surface area contributed by atoms with E-state index in [-0.39, 0.29) is 0 Å². The first-order chi connectivity index (χ1) is 10.7. The molecule has 0 aromatic heterocycles. The number of esters is 1. The average Bonchev–Trinajstić information content (AvgIpc) is 2.72. The number of methoxy groups -OCH3 is 1. The Morgan fingerprint density at radius 2 is 2.00 bits per heavy atom. The number of allylic oxidation sites excluding steroid dienone is 1. The quantitative estimate of drug-likeness (QED) is 0.485. The van der Waals surface area contributed by atoms with E-state index in [1.807, 2.05) is 24.3 Å². The Labute approximate surface area is 128 Å². The summed E-state index contributed by atoms with van der Waals surface area (Å²) in [6.07, 6.45) is 2.24. The van der Waals surface area contributed by atoms with E-state index in [2.05, 4.69) is 0 Å². The van der Waals surface area contributed by atoms with E-state index in [4.69, 9.17) is 9.47 Å². The van der Waals surface area contributed by atoms with E-state index in [1.54, 1.807) is 18.2 Å². The summed E-state index contributed by atoms with van der Waals surface area (Å²) in [6, 6.07) is 12.8. The number of carbonyl (C=O) groups excluding carboxylic acids is 2. The summed E-state index contributed by atoms with van der Waals surface area (Å²) in [5.41, 5.74) is 3.78. The normalized spacial score (nSPS) is 14.3. The van der Waals surface area contributed by atoms with Crippen LogP contribution in [-0.4, -0.2) is 19.4 Å². The van der Waals surface area contributed by atoms with Crippen LogP contribution >= 0.6 is 0 Å². The fourth-order valence-corrected chi connectivity index (χ4v) is 2.57. The fraction of sp³-hybridized carbons (Fsp3) is 0.111. The first-order valence-electron chi connectivity index (χ1n) is 6.84.